The summed E-state index contributed by atoms with van der Waals surface area (Å²) >= 11 is 0. The van der Waals surface area contributed by atoms with E-state index in [4.69, 9.17) is 9.84 Å². The van der Waals surface area contributed by atoms with Crippen molar-refractivity contribution in [3.05, 3.63) is 0 Å². The number of carboxylic acid groups (broad SMARTS) is 1. The summed E-state index contributed by atoms with van der Waals surface area (Å²) < 4.78 is 5.60. The highest BCUT2D eigenvalue weighted by molar-refractivity contribution is 5.74. The van der Waals surface area contributed by atoms with Crippen molar-refractivity contribution >= 4 is 12.0 Å². The molecule has 0 aromatic carbocycles. The van der Waals surface area contributed by atoms with Crippen LogP contribution in [0.25, 0.3) is 0 Å². The third-order valence-electron chi connectivity index (χ3n) is 3.68. The summed E-state index contributed by atoms with van der Waals surface area (Å²) in [7, 11) is 1.74. The summed E-state index contributed by atoms with van der Waals surface area (Å²) in [4.78, 5) is 24.2. The first-order chi connectivity index (χ1) is 9.52. The van der Waals surface area contributed by atoms with Crippen LogP contribution in [-0.2, 0) is 9.53 Å². The van der Waals surface area contributed by atoms with Crippen molar-refractivity contribution in [3.63, 3.8) is 0 Å². The molecule has 116 valence electrons. The number of carboxylic acids is 1. The second kappa shape index (κ2) is 8.79. The van der Waals surface area contributed by atoms with E-state index in [9.17, 15) is 9.59 Å². The SMILES string of the molecule is CCC(CNC(=O)N(C)CC1CCCCO1)CC(=O)O. The van der Waals surface area contributed by atoms with Gasteiger partial charge < -0.3 is 20.1 Å². The molecule has 2 unspecified atom stereocenters. The molecule has 20 heavy (non-hydrogen) atoms. The van der Waals surface area contributed by atoms with Gasteiger partial charge in [0.25, 0.3) is 0 Å². The van der Waals surface area contributed by atoms with Gasteiger partial charge in [0.1, 0.15) is 0 Å². The topological polar surface area (TPSA) is 78.9 Å². The summed E-state index contributed by atoms with van der Waals surface area (Å²) in [6, 6.07) is -0.164. The normalized spacial score (nSPS) is 20.2. The molecule has 0 aliphatic carbocycles. The lowest BCUT2D eigenvalue weighted by molar-refractivity contribution is -0.138. The van der Waals surface area contributed by atoms with E-state index in [1.54, 1.807) is 11.9 Å². The Morgan fingerprint density at radius 1 is 1.45 bits per heavy atom. The molecule has 0 saturated carbocycles. The number of nitrogens with zero attached hydrogens (tertiary/aromatic N) is 1. The summed E-state index contributed by atoms with van der Waals surface area (Å²) in [5.74, 6) is -0.842. The van der Waals surface area contributed by atoms with E-state index in [1.165, 1.54) is 0 Å². The van der Waals surface area contributed by atoms with E-state index in [0.717, 1.165) is 32.3 Å². The highest BCUT2D eigenvalue weighted by atomic mass is 16.5. The second-order valence-corrected chi connectivity index (χ2v) is 5.43. The third kappa shape index (κ3) is 6.23. The van der Waals surface area contributed by atoms with Crippen LogP contribution in [0.15, 0.2) is 0 Å². The number of urea groups is 1. The molecule has 0 bridgehead atoms. The average molecular weight is 286 g/mol. The number of carbonyl (C=O) groups excluding carboxylic acids is 1. The zero-order valence-electron chi connectivity index (χ0n) is 12.4. The van der Waals surface area contributed by atoms with Gasteiger partial charge in [0.2, 0.25) is 0 Å². The van der Waals surface area contributed by atoms with Crippen LogP contribution >= 0.6 is 0 Å². The molecule has 0 radical (unpaired) electrons. The molecule has 2 N–H and O–H groups in total. The third-order valence-corrected chi connectivity index (χ3v) is 3.68. The van der Waals surface area contributed by atoms with Crippen LogP contribution in [0.3, 0.4) is 0 Å². The van der Waals surface area contributed by atoms with E-state index < -0.39 is 5.97 Å². The quantitative estimate of drug-likeness (QED) is 0.746. The summed E-state index contributed by atoms with van der Waals surface area (Å²) in [6.07, 6.45) is 4.19. The summed E-state index contributed by atoms with van der Waals surface area (Å²) in [5.41, 5.74) is 0. The number of amides is 2. The van der Waals surface area contributed by atoms with Crippen LogP contribution in [-0.4, -0.2) is 54.9 Å². The van der Waals surface area contributed by atoms with Gasteiger partial charge >= 0.3 is 12.0 Å². The van der Waals surface area contributed by atoms with Gasteiger partial charge in [0, 0.05) is 33.2 Å². The van der Waals surface area contributed by atoms with Crippen LogP contribution in [0.4, 0.5) is 4.79 Å². The van der Waals surface area contributed by atoms with E-state index in [0.29, 0.717) is 13.1 Å². The van der Waals surface area contributed by atoms with Gasteiger partial charge in [-0.05, 0) is 25.2 Å². The number of ether oxygens (including phenoxy) is 1. The molecule has 1 rings (SSSR count). The van der Waals surface area contributed by atoms with Gasteiger partial charge in [0.05, 0.1) is 6.10 Å². The van der Waals surface area contributed by atoms with Gasteiger partial charge in [-0.1, -0.05) is 13.3 Å². The predicted molar refractivity (Wildman–Crippen MR) is 75.7 cm³/mol. The van der Waals surface area contributed by atoms with Crippen LogP contribution in [0.1, 0.15) is 39.0 Å². The van der Waals surface area contributed by atoms with Crippen molar-refractivity contribution in [1.82, 2.24) is 10.2 Å². The Labute approximate surface area is 120 Å². The number of aliphatic carboxylic acids is 1. The first kappa shape index (κ1) is 16.8. The van der Waals surface area contributed by atoms with E-state index in [-0.39, 0.29) is 24.5 Å². The molecule has 2 atom stereocenters. The minimum atomic E-state index is -0.824. The highest BCUT2D eigenvalue weighted by Gasteiger charge is 2.19. The number of hydrogen-bond acceptors (Lipinski definition) is 3. The number of nitrogens with one attached hydrogen (secondary N) is 1. The minimum Gasteiger partial charge on any atom is -0.481 e. The monoisotopic (exact) mass is 286 g/mol. The predicted octanol–water partition coefficient (Wildman–Crippen LogP) is 1.70. The highest BCUT2D eigenvalue weighted by Crippen LogP contribution is 2.13. The molecule has 1 fully saturated rings. The van der Waals surface area contributed by atoms with Crippen LogP contribution in [0.5, 0.6) is 0 Å². The lowest BCUT2D eigenvalue weighted by atomic mass is 10.0. The van der Waals surface area contributed by atoms with Crippen molar-refractivity contribution in [2.24, 2.45) is 5.92 Å². The Balaban J connectivity index is 2.27. The lowest BCUT2D eigenvalue weighted by Gasteiger charge is -2.28. The van der Waals surface area contributed by atoms with Crippen molar-refractivity contribution in [3.8, 4) is 0 Å². The van der Waals surface area contributed by atoms with Crippen molar-refractivity contribution < 1.29 is 19.4 Å². The molecule has 0 aromatic heterocycles. The zero-order valence-corrected chi connectivity index (χ0v) is 12.4. The lowest BCUT2D eigenvalue weighted by Crippen LogP contribution is -2.44. The Morgan fingerprint density at radius 3 is 2.75 bits per heavy atom. The largest absolute Gasteiger partial charge is 0.481 e. The molecule has 6 nitrogen and oxygen atoms in total. The first-order valence-electron chi connectivity index (χ1n) is 7.35. The molecule has 1 heterocycles. The van der Waals surface area contributed by atoms with Gasteiger partial charge in [-0.3, -0.25) is 4.79 Å². The number of likely N-dealkylation sites (N-methyl/N-ethyl adjacent to an activating group) is 1. The van der Waals surface area contributed by atoms with Gasteiger partial charge in [0.15, 0.2) is 0 Å². The average Bonchev–Trinajstić information content (AvgIpc) is 2.43. The zero-order chi connectivity index (χ0) is 15.0. The van der Waals surface area contributed by atoms with E-state index in [2.05, 4.69) is 5.32 Å². The number of hydrogen-bond donors (Lipinski definition) is 2. The maximum absolute atomic E-state index is 11.9. The molecule has 1 aliphatic rings. The maximum Gasteiger partial charge on any atom is 0.317 e. The fraction of sp³-hybridized carbons (Fsp3) is 0.857. The number of rotatable bonds is 7. The molecule has 0 spiro atoms. The van der Waals surface area contributed by atoms with Crippen molar-refractivity contribution in [1.29, 1.82) is 0 Å². The fourth-order valence-corrected chi connectivity index (χ4v) is 2.31. The maximum atomic E-state index is 11.9. The minimum absolute atomic E-state index is 0.0178. The van der Waals surface area contributed by atoms with Crippen molar-refractivity contribution in [2.45, 2.75) is 45.1 Å². The van der Waals surface area contributed by atoms with E-state index in [1.807, 2.05) is 6.92 Å². The first-order valence-corrected chi connectivity index (χ1v) is 7.35. The molecule has 2 amide bonds. The smallest absolute Gasteiger partial charge is 0.317 e. The Kier molecular flexibility index (Phi) is 7.36. The van der Waals surface area contributed by atoms with Gasteiger partial charge in [-0.15, -0.1) is 0 Å². The Morgan fingerprint density at radius 2 is 2.20 bits per heavy atom. The molecule has 1 saturated heterocycles. The second-order valence-electron chi connectivity index (χ2n) is 5.43. The van der Waals surface area contributed by atoms with Crippen LogP contribution < -0.4 is 5.32 Å². The van der Waals surface area contributed by atoms with Crippen LogP contribution in [0.2, 0.25) is 0 Å². The standard InChI is InChI=1S/C14H26N2O4/c1-3-11(8-13(17)18)9-15-14(19)16(2)10-12-6-4-5-7-20-12/h11-12H,3-10H2,1-2H3,(H,15,19)(H,17,18). The summed E-state index contributed by atoms with van der Waals surface area (Å²) in [6.45, 7) is 3.69. The molecule has 1 aliphatic heterocycles. The number of carbonyl (C=O) groups is 2. The Hall–Kier alpha value is -1.30. The van der Waals surface area contributed by atoms with E-state index >= 15 is 0 Å². The van der Waals surface area contributed by atoms with Crippen LogP contribution in [0, 0.1) is 5.92 Å². The molecular formula is C14H26N2O4. The summed E-state index contributed by atoms with van der Waals surface area (Å²) in [5, 5.41) is 11.6. The van der Waals surface area contributed by atoms with Crippen molar-refractivity contribution in [2.75, 3.05) is 26.7 Å². The molecular weight excluding hydrogens is 260 g/mol. The van der Waals surface area contributed by atoms with Gasteiger partial charge in [-0.2, -0.15) is 0 Å². The molecule has 0 aromatic rings. The fourth-order valence-electron chi connectivity index (χ4n) is 2.31. The molecule has 6 heteroatoms. The van der Waals surface area contributed by atoms with Gasteiger partial charge in [-0.25, -0.2) is 4.79 Å². The Bertz CT molecular complexity index is 316.